The first kappa shape index (κ1) is 15.8. The van der Waals surface area contributed by atoms with Crippen LogP contribution in [0, 0.1) is 0 Å². The maximum atomic E-state index is 11.0. The van der Waals surface area contributed by atoms with E-state index in [2.05, 4.69) is 36.8 Å². The number of ether oxygens (including phenoxy) is 2. The molecule has 0 fully saturated rings. The van der Waals surface area contributed by atoms with E-state index in [0.29, 0.717) is 16.0 Å². The van der Waals surface area contributed by atoms with Crippen LogP contribution in [0.4, 0.5) is 0 Å². The summed E-state index contributed by atoms with van der Waals surface area (Å²) in [5, 5.41) is 9.03. The molecule has 0 aliphatic carbocycles. The molecule has 0 aliphatic rings. The van der Waals surface area contributed by atoms with Crippen molar-refractivity contribution in [3.63, 3.8) is 0 Å². The predicted octanol–water partition coefficient (Wildman–Crippen LogP) is 3.89. The molecule has 1 heterocycles. The van der Waals surface area contributed by atoms with Gasteiger partial charge in [-0.05, 0) is 50.1 Å². The van der Waals surface area contributed by atoms with Crippen molar-refractivity contribution >= 4 is 37.8 Å². The summed E-state index contributed by atoms with van der Waals surface area (Å²) in [6.07, 6.45) is 3.37. The monoisotopic (exact) mass is 415 g/mol. The van der Waals surface area contributed by atoms with Gasteiger partial charge in [0, 0.05) is 22.4 Å². The summed E-state index contributed by atoms with van der Waals surface area (Å²) in [6, 6.07) is 4.78. The minimum atomic E-state index is -1.03. The fraction of sp³-hybridized carbons (Fsp3) is 0.143. The number of carboxylic acids is 1. The number of nitrogens with zero attached hydrogens (tertiary/aromatic N) is 1. The molecule has 0 amide bonds. The summed E-state index contributed by atoms with van der Waals surface area (Å²) in [4.78, 5) is 15.1. The van der Waals surface area contributed by atoms with Crippen LogP contribution in [0.3, 0.4) is 0 Å². The Morgan fingerprint density at radius 1 is 1.29 bits per heavy atom. The number of rotatable bonds is 5. The predicted molar refractivity (Wildman–Crippen MR) is 83.9 cm³/mol. The molecular weight excluding hydrogens is 406 g/mol. The third-order valence-corrected chi connectivity index (χ3v) is 3.64. The van der Waals surface area contributed by atoms with Gasteiger partial charge in [-0.15, -0.1) is 0 Å². The van der Waals surface area contributed by atoms with Crippen LogP contribution in [-0.4, -0.2) is 23.2 Å². The van der Waals surface area contributed by atoms with Gasteiger partial charge in [-0.3, -0.25) is 4.98 Å². The van der Waals surface area contributed by atoms with E-state index >= 15 is 0 Å². The summed E-state index contributed by atoms with van der Waals surface area (Å²) >= 11 is 6.64. The van der Waals surface area contributed by atoms with Gasteiger partial charge in [0.15, 0.2) is 11.5 Å². The molecule has 7 heteroatoms. The maximum Gasteiger partial charge on any atom is 0.335 e. The number of methoxy groups -OCH3 is 1. The van der Waals surface area contributed by atoms with Crippen molar-refractivity contribution in [2.45, 2.75) is 6.61 Å². The first-order valence-electron chi connectivity index (χ1n) is 5.84. The highest BCUT2D eigenvalue weighted by molar-refractivity contribution is 9.10. The number of halogens is 2. The lowest BCUT2D eigenvalue weighted by atomic mass is 10.2. The van der Waals surface area contributed by atoms with Crippen LogP contribution in [0.25, 0.3) is 0 Å². The van der Waals surface area contributed by atoms with Crippen LogP contribution < -0.4 is 9.47 Å². The number of carboxylic acid groups (broad SMARTS) is 1. The Morgan fingerprint density at radius 3 is 2.67 bits per heavy atom. The number of carbonyl (C=O) groups is 1. The highest BCUT2D eigenvalue weighted by atomic mass is 79.9. The van der Waals surface area contributed by atoms with Gasteiger partial charge in [0.1, 0.15) is 6.61 Å². The van der Waals surface area contributed by atoms with Gasteiger partial charge in [0.25, 0.3) is 0 Å². The highest BCUT2D eigenvalue weighted by Gasteiger charge is 2.15. The number of hydrogen-bond acceptors (Lipinski definition) is 4. The zero-order valence-corrected chi connectivity index (χ0v) is 14.1. The molecule has 21 heavy (non-hydrogen) atoms. The van der Waals surface area contributed by atoms with E-state index in [0.717, 1.165) is 10.0 Å². The van der Waals surface area contributed by atoms with Gasteiger partial charge in [-0.2, -0.15) is 0 Å². The SMILES string of the molecule is COc1cc(C(=O)O)cc(Br)c1OCc1cncc(Br)c1. The summed E-state index contributed by atoms with van der Waals surface area (Å²) in [6.45, 7) is 0.286. The van der Waals surface area contributed by atoms with E-state index in [1.807, 2.05) is 6.07 Å². The van der Waals surface area contributed by atoms with Crippen molar-refractivity contribution in [1.29, 1.82) is 0 Å². The molecule has 2 aromatic rings. The average Bonchev–Trinajstić information content (AvgIpc) is 2.45. The minimum absolute atomic E-state index is 0.121. The van der Waals surface area contributed by atoms with Crippen LogP contribution in [0.2, 0.25) is 0 Å². The largest absolute Gasteiger partial charge is 0.493 e. The standard InChI is InChI=1S/C14H11Br2NO4/c1-20-12-4-9(14(18)19)3-11(16)13(12)21-7-8-2-10(15)6-17-5-8/h2-6H,7H2,1H3,(H,18,19). The van der Waals surface area contributed by atoms with Crippen molar-refractivity contribution in [3.8, 4) is 11.5 Å². The molecule has 1 aromatic carbocycles. The van der Waals surface area contributed by atoms with Crippen molar-refractivity contribution in [3.05, 3.63) is 50.7 Å². The maximum absolute atomic E-state index is 11.0. The lowest BCUT2D eigenvalue weighted by Crippen LogP contribution is -2.02. The molecule has 2 rings (SSSR count). The molecule has 0 saturated carbocycles. The molecule has 0 spiro atoms. The molecule has 0 atom stereocenters. The molecule has 110 valence electrons. The summed E-state index contributed by atoms with van der Waals surface area (Å²) in [5.41, 5.74) is 0.996. The third kappa shape index (κ3) is 3.95. The minimum Gasteiger partial charge on any atom is -0.493 e. The van der Waals surface area contributed by atoms with Gasteiger partial charge in [0.05, 0.1) is 17.1 Å². The second kappa shape index (κ2) is 6.91. The molecule has 0 saturated heterocycles. The number of hydrogen-bond donors (Lipinski definition) is 1. The topological polar surface area (TPSA) is 68.7 Å². The Balaban J connectivity index is 2.25. The fourth-order valence-corrected chi connectivity index (χ4v) is 2.64. The molecule has 5 nitrogen and oxygen atoms in total. The number of aromatic carboxylic acids is 1. The van der Waals surface area contributed by atoms with E-state index in [4.69, 9.17) is 14.6 Å². The first-order chi connectivity index (χ1) is 10.0. The van der Waals surface area contributed by atoms with Gasteiger partial charge in [-0.1, -0.05) is 0 Å². The Bertz CT molecular complexity index is 676. The summed E-state index contributed by atoms with van der Waals surface area (Å²) < 4.78 is 12.3. The van der Waals surface area contributed by atoms with E-state index in [1.54, 1.807) is 12.4 Å². The number of pyridine rings is 1. The molecule has 1 aromatic heterocycles. The van der Waals surface area contributed by atoms with E-state index < -0.39 is 5.97 Å². The van der Waals surface area contributed by atoms with Crippen molar-refractivity contribution in [2.24, 2.45) is 0 Å². The van der Waals surface area contributed by atoms with Gasteiger partial charge < -0.3 is 14.6 Å². The number of benzene rings is 1. The summed E-state index contributed by atoms with van der Waals surface area (Å²) in [7, 11) is 1.46. The van der Waals surface area contributed by atoms with E-state index in [-0.39, 0.29) is 12.2 Å². The Labute approximate surface area is 138 Å². The van der Waals surface area contributed by atoms with Crippen LogP contribution in [-0.2, 0) is 6.61 Å². The van der Waals surface area contributed by atoms with Gasteiger partial charge in [-0.25, -0.2) is 4.79 Å². The first-order valence-corrected chi connectivity index (χ1v) is 7.43. The van der Waals surface area contributed by atoms with Crippen LogP contribution in [0.5, 0.6) is 11.5 Å². The van der Waals surface area contributed by atoms with Crippen molar-refractivity contribution in [2.75, 3.05) is 7.11 Å². The molecule has 0 bridgehead atoms. The van der Waals surface area contributed by atoms with Crippen molar-refractivity contribution in [1.82, 2.24) is 4.98 Å². The fourth-order valence-electron chi connectivity index (χ4n) is 1.67. The normalized spacial score (nSPS) is 10.2. The van der Waals surface area contributed by atoms with Crippen LogP contribution in [0.15, 0.2) is 39.5 Å². The third-order valence-electron chi connectivity index (χ3n) is 2.62. The smallest absolute Gasteiger partial charge is 0.335 e. The average molecular weight is 417 g/mol. The zero-order chi connectivity index (χ0) is 15.4. The molecule has 0 unspecified atom stereocenters. The molecular formula is C14H11Br2NO4. The van der Waals surface area contributed by atoms with Crippen LogP contribution >= 0.6 is 31.9 Å². The second-order valence-corrected chi connectivity index (χ2v) is 5.86. The van der Waals surface area contributed by atoms with Gasteiger partial charge in [0.2, 0.25) is 0 Å². The Kier molecular flexibility index (Phi) is 5.19. The number of aromatic nitrogens is 1. The molecule has 0 aliphatic heterocycles. The van der Waals surface area contributed by atoms with E-state index in [1.165, 1.54) is 19.2 Å². The van der Waals surface area contributed by atoms with Crippen molar-refractivity contribution < 1.29 is 19.4 Å². The van der Waals surface area contributed by atoms with Crippen LogP contribution in [0.1, 0.15) is 15.9 Å². The summed E-state index contributed by atoms with van der Waals surface area (Å²) in [5.74, 6) is -0.232. The second-order valence-electron chi connectivity index (χ2n) is 4.09. The lowest BCUT2D eigenvalue weighted by molar-refractivity contribution is 0.0696. The molecule has 1 N–H and O–H groups in total. The lowest BCUT2D eigenvalue weighted by Gasteiger charge is -2.13. The zero-order valence-electron chi connectivity index (χ0n) is 11.0. The quantitative estimate of drug-likeness (QED) is 0.800. The Hall–Kier alpha value is -1.60. The van der Waals surface area contributed by atoms with Gasteiger partial charge >= 0.3 is 5.97 Å². The molecule has 0 radical (unpaired) electrons. The van der Waals surface area contributed by atoms with E-state index in [9.17, 15) is 4.79 Å². The highest BCUT2D eigenvalue weighted by Crippen LogP contribution is 2.37. The Morgan fingerprint density at radius 2 is 2.05 bits per heavy atom.